The number of carbonyl (C=O) groups is 1. The first kappa shape index (κ1) is 22.5. The molecule has 1 unspecified atom stereocenters. The number of para-hydroxylation sites is 1. The van der Waals surface area contributed by atoms with Crippen LogP contribution in [0.5, 0.6) is 5.75 Å². The van der Waals surface area contributed by atoms with Crippen LogP contribution >= 0.6 is 11.3 Å². The molecule has 1 atom stereocenters. The van der Waals surface area contributed by atoms with Gasteiger partial charge < -0.3 is 14.6 Å². The van der Waals surface area contributed by atoms with Gasteiger partial charge in [-0.05, 0) is 54.2 Å². The monoisotopic (exact) mass is 495 g/mol. The second-order valence-corrected chi connectivity index (χ2v) is 10.1. The van der Waals surface area contributed by atoms with Gasteiger partial charge in [-0.25, -0.2) is 0 Å². The van der Waals surface area contributed by atoms with Crippen LogP contribution in [0.15, 0.2) is 77.9 Å². The standard InChI is InChI=1S/C29H25N3O3S/c1-32-23-12-5-4-10-21(23)26-24(29(32)34)25(35-17-18-13-15-30-16-14-18)27(36-26)28(33)31-22-11-6-8-19-7-2-3-9-20(19)22/h2-5,7,9-10,12-16,22H,6,8,11,17H2,1H3,(H,31,33). The largest absolute Gasteiger partial charge is 0.486 e. The predicted octanol–water partition coefficient (Wildman–Crippen LogP) is 5.53. The average molecular weight is 496 g/mol. The van der Waals surface area contributed by atoms with Crippen LogP contribution in [-0.4, -0.2) is 15.5 Å². The first-order valence-corrected chi connectivity index (χ1v) is 12.9. The molecule has 180 valence electrons. The number of fused-ring (bicyclic) bond motifs is 4. The molecule has 0 radical (unpaired) electrons. The summed E-state index contributed by atoms with van der Waals surface area (Å²) in [6.45, 7) is 0.233. The van der Waals surface area contributed by atoms with Gasteiger partial charge in [0, 0.05) is 24.8 Å². The molecular weight excluding hydrogens is 470 g/mol. The zero-order chi connectivity index (χ0) is 24.6. The number of pyridine rings is 2. The number of nitrogens with zero attached hydrogens (tertiary/aromatic N) is 2. The minimum Gasteiger partial charge on any atom is -0.486 e. The van der Waals surface area contributed by atoms with Crippen molar-refractivity contribution in [3.63, 3.8) is 0 Å². The normalized spacial score (nSPS) is 15.1. The number of amides is 1. The van der Waals surface area contributed by atoms with Gasteiger partial charge in [0.15, 0.2) is 5.75 Å². The molecule has 0 saturated heterocycles. The summed E-state index contributed by atoms with van der Waals surface area (Å²) in [7, 11) is 1.76. The predicted molar refractivity (Wildman–Crippen MR) is 143 cm³/mol. The highest BCUT2D eigenvalue weighted by Gasteiger charge is 2.28. The number of aromatic nitrogens is 2. The van der Waals surface area contributed by atoms with Crippen LogP contribution in [0.3, 0.4) is 0 Å². The molecular formula is C29H25N3O3S. The van der Waals surface area contributed by atoms with Crippen LogP contribution < -0.4 is 15.6 Å². The Hall–Kier alpha value is -3.97. The number of aryl methyl sites for hydroxylation is 2. The summed E-state index contributed by atoms with van der Waals surface area (Å²) in [4.78, 5) is 31.8. The van der Waals surface area contributed by atoms with Crippen LogP contribution in [0, 0.1) is 0 Å². The van der Waals surface area contributed by atoms with Gasteiger partial charge in [-0.2, -0.15) is 0 Å². The molecule has 6 nitrogen and oxygen atoms in total. The van der Waals surface area contributed by atoms with Gasteiger partial charge >= 0.3 is 0 Å². The van der Waals surface area contributed by atoms with E-state index in [0.29, 0.717) is 16.0 Å². The first-order valence-electron chi connectivity index (χ1n) is 12.1. The number of hydrogen-bond donors (Lipinski definition) is 1. The number of carbonyl (C=O) groups excluding carboxylic acids is 1. The fraction of sp³-hybridized carbons (Fsp3) is 0.207. The summed E-state index contributed by atoms with van der Waals surface area (Å²) in [5, 5.41) is 4.62. The Bertz CT molecular complexity index is 1660. The fourth-order valence-corrected chi connectivity index (χ4v) is 6.26. The van der Waals surface area contributed by atoms with E-state index in [9.17, 15) is 9.59 Å². The quantitative estimate of drug-likeness (QED) is 0.348. The van der Waals surface area contributed by atoms with Crippen molar-refractivity contribution >= 4 is 38.2 Å². The summed E-state index contributed by atoms with van der Waals surface area (Å²) >= 11 is 1.33. The number of benzene rings is 2. The van der Waals surface area contributed by atoms with Gasteiger partial charge in [0.2, 0.25) is 0 Å². The molecule has 5 aromatic rings. The summed E-state index contributed by atoms with van der Waals surface area (Å²) in [5.74, 6) is 0.133. The maximum atomic E-state index is 13.8. The Labute approximate surface area is 212 Å². The molecule has 1 amide bonds. The van der Waals surface area contributed by atoms with Crippen LogP contribution in [0.1, 0.15) is 45.2 Å². The summed E-state index contributed by atoms with van der Waals surface area (Å²) < 4.78 is 8.65. The van der Waals surface area contributed by atoms with Gasteiger partial charge in [0.1, 0.15) is 16.9 Å². The number of rotatable bonds is 5. The molecule has 0 aliphatic heterocycles. The van der Waals surface area contributed by atoms with Crippen LogP contribution in [0.2, 0.25) is 0 Å². The van der Waals surface area contributed by atoms with Gasteiger partial charge in [0.25, 0.3) is 11.5 Å². The van der Waals surface area contributed by atoms with Crippen molar-refractivity contribution in [3.8, 4) is 5.75 Å². The average Bonchev–Trinajstić information content (AvgIpc) is 3.31. The molecule has 0 spiro atoms. The molecule has 0 fully saturated rings. The van der Waals surface area contributed by atoms with Crippen LogP contribution in [0.25, 0.3) is 21.0 Å². The van der Waals surface area contributed by atoms with Crippen molar-refractivity contribution in [3.05, 3.63) is 105 Å². The Kier molecular flexibility index (Phi) is 5.77. The van der Waals surface area contributed by atoms with Gasteiger partial charge in [-0.3, -0.25) is 14.6 Å². The fourth-order valence-electron chi connectivity index (χ4n) is 5.08. The number of ether oxygens (including phenoxy) is 1. The second-order valence-electron chi connectivity index (χ2n) is 9.11. The van der Waals surface area contributed by atoms with Crippen molar-refractivity contribution in [2.24, 2.45) is 7.05 Å². The molecule has 36 heavy (non-hydrogen) atoms. The zero-order valence-electron chi connectivity index (χ0n) is 19.9. The molecule has 7 heteroatoms. The van der Waals surface area contributed by atoms with E-state index in [1.54, 1.807) is 24.0 Å². The van der Waals surface area contributed by atoms with Crippen molar-refractivity contribution in [1.82, 2.24) is 14.9 Å². The zero-order valence-corrected chi connectivity index (χ0v) is 20.7. The highest BCUT2D eigenvalue weighted by Crippen LogP contribution is 2.40. The van der Waals surface area contributed by atoms with E-state index < -0.39 is 0 Å². The van der Waals surface area contributed by atoms with Crippen LogP contribution in [0.4, 0.5) is 0 Å². The highest BCUT2D eigenvalue weighted by atomic mass is 32.1. The lowest BCUT2D eigenvalue weighted by molar-refractivity contribution is 0.0933. The van der Waals surface area contributed by atoms with E-state index in [1.807, 2.05) is 48.5 Å². The number of hydrogen-bond acceptors (Lipinski definition) is 5. The van der Waals surface area contributed by atoms with Crippen LogP contribution in [-0.2, 0) is 20.1 Å². The number of nitrogens with one attached hydrogen (secondary N) is 1. The first-order chi connectivity index (χ1) is 17.6. The number of thiophene rings is 1. The van der Waals surface area contributed by atoms with E-state index in [0.717, 1.165) is 40.4 Å². The molecule has 6 rings (SSSR count). The minimum absolute atomic E-state index is 0.0692. The third-order valence-corrected chi connectivity index (χ3v) is 8.11. The highest BCUT2D eigenvalue weighted by molar-refractivity contribution is 7.22. The van der Waals surface area contributed by atoms with Crippen molar-refractivity contribution in [2.75, 3.05) is 0 Å². The van der Waals surface area contributed by atoms with E-state index in [4.69, 9.17) is 4.74 Å². The van der Waals surface area contributed by atoms with E-state index in [2.05, 4.69) is 22.4 Å². The molecule has 0 saturated carbocycles. The van der Waals surface area contributed by atoms with E-state index >= 15 is 0 Å². The van der Waals surface area contributed by atoms with Crippen molar-refractivity contribution in [1.29, 1.82) is 0 Å². The SMILES string of the molecule is Cn1c(=O)c2c(OCc3ccncc3)c(C(=O)NC3CCCc4ccccc43)sc2c2ccccc21. The van der Waals surface area contributed by atoms with E-state index in [-0.39, 0.29) is 24.1 Å². The molecule has 1 N–H and O–H groups in total. The van der Waals surface area contributed by atoms with Crippen molar-refractivity contribution in [2.45, 2.75) is 31.9 Å². The van der Waals surface area contributed by atoms with Gasteiger partial charge in [-0.15, -0.1) is 11.3 Å². The van der Waals surface area contributed by atoms with Crippen molar-refractivity contribution < 1.29 is 9.53 Å². The van der Waals surface area contributed by atoms with Gasteiger partial charge in [-0.1, -0.05) is 42.5 Å². The maximum absolute atomic E-state index is 13.8. The maximum Gasteiger partial charge on any atom is 0.265 e. The lowest BCUT2D eigenvalue weighted by atomic mass is 9.88. The molecule has 1 aliphatic carbocycles. The second kappa shape index (κ2) is 9.24. The Balaban J connectivity index is 1.47. The smallest absolute Gasteiger partial charge is 0.265 e. The summed E-state index contributed by atoms with van der Waals surface area (Å²) in [6.07, 6.45) is 6.32. The molecule has 3 heterocycles. The molecule has 1 aliphatic rings. The topological polar surface area (TPSA) is 73.2 Å². The lowest BCUT2D eigenvalue weighted by Crippen LogP contribution is -2.30. The Morgan fingerprint density at radius 2 is 1.89 bits per heavy atom. The Morgan fingerprint density at radius 3 is 2.75 bits per heavy atom. The summed E-state index contributed by atoms with van der Waals surface area (Å²) in [6, 6.07) is 19.7. The third kappa shape index (κ3) is 3.85. The Morgan fingerprint density at radius 1 is 1.11 bits per heavy atom. The van der Waals surface area contributed by atoms with Gasteiger partial charge in [0.05, 0.1) is 16.3 Å². The molecule has 0 bridgehead atoms. The minimum atomic E-state index is -0.214. The molecule has 3 aromatic heterocycles. The lowest BCUT2D eigenvalue weighted by Gasteiger charge is -2.26. The van der Waals surface area contributed by atoms with E-state index in [1.165, 1.54) is 22.5 Å². The third-order valence-electron chi connectivity index (χ3n) is 6.91. The summed E-state index contributed by atoms with van der Waals surface area (Å²) in [5.41, 5.74) is 4.00. The molecule has 2 aromatic carbocycles.